The molecule has 2 fully saturated rings. The van der Waals surface area contributed by atoms with Crippen LogP contribution in [-0.4, -0.2) is 16.8 Å². The molecule has 2 aliphatic rings. The number of carbonyl (C=O) groups excluding carboxylic acids is 1. The molecule has 104 valence electrons. The number of nitrogens with one attached hydrogen (secondary N) is 1. The van der Waals surface area contributed by atoms with Crippen LogP contribution in [0.15, 0.2) is 0 Å². The Kier molecular flexibility index (Phi) is 4.74. The summed E-state index contributed by atoms with van der Waals surface area (Å²) < 4.78 is 0. The Balaban J connectivity index is 1.95. The summed E-state index contributed by atoms with van der Waals surface area (Å²) in [6.07, 6.45) is 8.27. The molecule has 1 amide bonds. The third kappa shape index (κ3) is 3.09. The monoisotopic (exact) mass is 315 g/mol. The van der Waals surface area contributed by atoms with Crippen molar-refractivity contribution < 1.29 is 4.79 Å². The molecule has 2 nitrogen and oxygen atoms in total. The van der Waals surface area contributed by atoms with Gasteiger partial charge in [-0.05, 0) is 50.4 Å². The number of amides is 1. The van der Waals surface area contributed by atoms with E-state index in [1.54, 1.807) is 0 Å². The minimum atomic E-state index is 0.0336. The molecule has 0 bridgehead atoms. The molecule has 0 heterocycles. The van der Waals surface area contributed by atoms with Crippen LogP contribution in [-0.2, 0) is 4.79 Å². The van der Waals surface area contributed by atoms with Crippen molar-refractivity contribution in [3.63, 3.8) is 0 Å². The molecule has 0 aliphatic heterocycles. The molecule has 0 aromatic rings. The van der Waals surface area contributed by atoms with Crippen LogP contribution in [0.5, 0.6) is 0 Å². The number of rotatable bonds is 3. The van der Waals surface area contributed by atoms with E-state index in [0.29, 0.717) is 11.8 Å². The number of carbonyl (C=O) groups is 1. The highest BCUT2D eigenvalue weighted by atomic mass is 79.9. The second-order valence-corrected chi connectivity index (χ2v) is 7.16. The molecule has 3 heteroatoms. The minimum absolute atomic E-state index is 0.0336. The van der Waals surface area contributed by atoms with Gasteiger partial charge in [-0.15, -0.1) is 0 Å². The normalized spacial score (nSPS) is 40.7. The van der Waals surface area contributed by atoms with Gasteiger partial charge < -0.3 is 5.32 Å². The summed E-state index contributed by atoms with van der Waals surface area (Å²) in [6.45, 7) is 4.54. The molecule has 18 heavy (non-hydrogen) atoms. The van der Waals surface area contributed by atoms with Gasteiger partial charge in [0.1, 0.15) is 0 Å². The van der Waals surface area contributed by atoms with E-state index in [2.05, 4.69) is 35.1 Å². The van der Waals surface area contributed by atoms with Gasteiger partial charge in [0.15, 0.2) is 0 Å². The fourth-order valence-electron chi connectivity index (χ4n) is 3.50. The third-order valence-electron chi connectivity index (χ3n) is 5.07. The zero-order chi connectivity index (χ0) is 13.2. The second-order valence-electron chi connectivity index (χ2n) is 6.60. The van der Waals surface area contributed by atoms with E-state index in [-0.39, 0.29) is 11.5 Å². The Morgan fingerprint density at radius 2 is 1.89 bits per heavy atom. The Bertz CT molecular complexity index is 297. The average Bonchev–Trinajstić information content (AvgIpc) is 2.79. The van der Waals surface area contributed by atoms with Gasteiger partial charge in [0.05, 0.1) is 0 Å². The number of alkyl halides is 1. The van der Waals surface area contributed by atoms with Gasteiger partial charge in [0.25, 0.3) is 0 Å². The molecular weight excluding hydrogens is 290 g/mol. The molecule has 2 saturated carbocycles. The van der Waals surface area contributed by atoms with E-state index < -0.39 is 0 Å². The van der Waals surface area contributed by atoms with E-state index in [1.807, 2.05) is 0 Å². The van der Waals surface area contributed by atoms with Gasteiger partial charge in [0, 0.05) is 16.8 Å². The fourth-order valence-corrected chi connectivity index (χ4v) is 4.20. The maximum atomic E-state index is 12.4. The lowest BCUT2D eigenvalue weighted by atomic mass is 9.78. The molecule has 2 atom stereocenters. The predicted octanol–water partition coefficient (Wildman–Crippen LogP) is 3.88. The number of halogens is 1. The summed E-state index contributed by atoms with van der Waals surface area (Å²) in [5.41, 5.74) is 0.0336. The molecule has 2 aliphatic carbocycles. The predicted molar refractivity (Wildman–Crippen MR) is 78.8 cm³/mol. The van der Waals surface area contributed by atoms with Gasteiger partial charge in [-0.1, -0.05) is 36.2 Å². The average molecular weight is 316 g/mol. The molecule has 0 saturated heterocycles. The van der Waals surface area contributed by atoms with E-state index in [0.717, 1.165) is 30.5 Å². The van der Waals surface area contributed by atoms with Crippen LogP contribution in [0.25, 0.3) is 0 Å². The summed E-state index contributed by atoms with van der Waals surface area (Å²) in [7, 11) is 0. The van der Waals surface area contributed by atoms with Crippen molar-refractivity contribution in [2.75, 3.05) is 5.33 Å². The molecule has 0 aromatic carbocycles. The van der Waals surface area contributed by atoms with Crippen molar-refractivity contribution in [3.05, 3.63) is 0 Å². The molecule has 2 unspecified atom stereocenters. The highest BCUT2D eigenvalue weighted by Gasteiger charge is 2.38. The lowest BCUT2D eigenvalue weighted by Gasteiger charge is -2.40. The van der Waals surface area contributed by atoms with Gasteiger partial charge in [-0.25, -0.2) is 0 Å². The quantitative estimate of drug-likeness (QED) is 0.787. The first-order valence-electron chi connectivity index (χ1n) is 7.44. The van der Waals surface area contributed by atoms with Crippen molar-refractivity contribution >= 4 is 21.8 Å². The number of hydrogen-bond donors (Lipinski definition) is 1. The van der Waals surface area contributed by atoms with E-state index in [4.69, 9.17) is 0 Å². The standard InChI is InChI=1S/C15H26BrNO/c1-11-6-8-15(10-16,9-7-11)17-14(18)13-5-3-4-12(13)2/h11-13H,3-10H2,1-2H3,(H,17,18). The molecule has 0 radical (unpaired) electrons. The van der Waals surface area contributed by atoms with E-state index >= 15 is 0 Å². The molecule has 0 aromatic heterocycles. The number of hydrogen-bond acceptors (Lipinski definition) is 1. The first kappa shape index (κ1) is 14.4. The zero-order valence-electron chi connectivity index (χ0n) is 11.7. The topological polar surface area (TPSA) is 29.1 Å². The molecule has 2 rings (SSSR count). The highest BCUT2D eigenvalue weighted by Crippen LogP contribution is 2.36. The Morgan fingerprint density at radius 1 is 1.22 bits per heavy atom. The van der Waals surface area contributed by atoms with Crippen molar-refractivity contribution in [2.24, 2.45) is 17.8 Å². The van der Waals surface area contributed by atoms with Crippen LogP contribution >= 0.6 is 15.9 Å². The van der Waals surface area contributed by atoms with E-state index in [1.165, 1.54) is 25.7 Å². The first-order chi connectivity index (χ1) is 8.56. The van der Waals surface area contributed by atoms with Crippen LogP contribution in [0.4, 0.5) is 0 Å². The van der Waals surface area contributed by atoms with Gasteiger partial charge in [-0.2, -0.15) is 0 Å². The third-order valence-corrected chi connectivity index (χ3v) is 6.15. The van der Waals surface area contributed by atoms with Crippen LogP contribution < -0.4 is 5.32 Å². The van der Waals surface area contributed by atoms with Gasteiger partial charge >= 0.3 is 0 Å². The highest BCUT2D eigenvalue weighted by molar-refractivity contribution is 9.09. The maximum Gasteiger partial charge on any atom is 0.223 e. The van der Waals surface area contributed by atoms with Crippen molar-refractivity contribution in [2.45, 2.75) is 64.3 Å². The molecular formula is C15H26BrNO. The summed E-state index contributed by atoms with van der Waals surface area (Å²) >= 11 is 3.63. The lowest BCUT2D eigenvalue weighted by molar-refractivity contribution is -0.128. The zero-order valence-corrected chi connectivity index (χ0v) is 13.3. The second kappa shape index (κ2) is 5.94. The Hall–Kier alpha value is -0.0500. The van der Waals surface area contributed by atoms with Crippen LogP contribution in [0.1, 0.15) is 58.8 Å². The first-order valence-corrected chi connectivity index (χ1v) is 8.56. The van der Waals surface area contributed by atoms with E-state index in [9.17, 15) is 4.79 Å². The SMILES string of the molecule is CC1CCC(CBr)(NC(=O)C2CCCC2C)CC1. The Labute approximate surface area is 119 Å². The molecule has 1 N–H and O–H groups in total. The van der Waals surface area contributed by atoms with Crippen LogP contribution in [0, 0.1) is 17.8 Å². The largest absolute Gasteiger partial charge is 0.350 e. The molecule has 0 spiro atoms. The fraction of sp³-hybridized carbons (Fsp3) is 0.933. The summed E-state index contributed by atoms with van der Waals surface area (Å²) in [5, 5.41) is 4.29. The summed E-state index contributed by atoms with van der Waals surface area (Å²) in [6, 6.07) is 0. The van der Waals surface area contributed by atoms with Crippen LogP contribution in [0.3, 0.4) is 0 Å². The summed E-state index contributed by atoms with van der Waals surface area (Å²) in [5.74, 6) is 1.97. The maximum absolute atomic E-state index is 12.4. The van der Waals surface area contributed by atoms with Gasteiger partial charge in [0.2, 0.25) is 5.91 Å². The smallest absolute Gasteiger partial charge is 0.223 e. The summed E-state index contributed by atoms with van der Waals surface area (Å²) in [4.78, 5) is 12.4. The van der Waals surface area contributed by atoms with Crippen molar-refractivity contribution in [3.8, 4) is 0 Å². The van der Waals surface area contributed by atoms with Crippen LogP contribution in [0.2, 0.25) is 0 Å². The van der Waals surface area contributed by atoms with Gasteiger partial charge in [-0.3, -0.25) is 4.79 Å². The lowest BCUT2D eigenvalue weighted by Crippen LogP contribution is -2.53. The van der Waals surface area contributed by atoms with Crippen molar-refractivity contribution in [1.29, 1.82) is 0 Å². The minimum Gasteiger partial charge on any atom is -0.350 e. The Morgan fingerprint density at radius 3 is 2.39 bits per heavy atom. The van der Waals surface area contributed by atoms with Crippen molar-refractivity contribution in [1.82, 2.24) is 5.32 Å².